The summed E-state index contributed by atoms with van der Waals surface area (Å²) in [5, 5.41) is 9.46. The standard InChI is InChI=1S/C27H33N5O3/c1-15(25(33)31-19(12-28)9-18-10-23(18)31)13-30-14-20-11-24(30)27(35)32(20)22-7-5-16-8-17(4-6-21(16)22)26(34)29(2)3/h4,6,8,15,18-20,22-24H,5,7,9-11,13-14H2,1-3H3/t15-,18+,19-,20+,22-,23?,24+/m0/s1. The van der Waals surface area contributed by atoms with Gasteiger partial charge in [-0.3, -0.25) is 19.3 Å². The second kappa shape index (κ2) is 8.06. The Morgan fingerprint density at radius 3 is 2.71 bits per heavy atom. The van der Waals surface area contributed by atoms with Gasteiger partial charge in [-0.1, -0.05) is 13.0 Å². The summed E-state index contributed by atoms with van der Waals surface area (Å²) in [6.07, 6.45) is 4.44. The lowest BCUT2D eigenvalue weighted by molar-refractivity contribution is -0.142. The number of hydrogen-bond acceptors (Lipinski definition) is 5. The molecule has 1 aromatic rings. The predicted molar refractivity (Wildman–Crippen MR) is 128 cm³/mol. The maximum Gasteiger partial charge on any atom is 0.253 e. The summed E-state index contributed by atoms with van der Waals surface area (Å²) >= 11 is 0. The van der Waals surface area contributed by atoms with Crippen molar-refractivity contribution in [1.82, 2.24) is 19.6 Å². The third-order valence-corrected chi connectivity index (χ3v) is 8.93. The van der Waals surface area contributed by atoms with E-state index in [0.29, 0.717) is 18.0 Å². The molecule has 1 saturated carbocycles. The number of benzene rings is 1. The number of likely N-dealkylation sites (tertiary alicyclic amines) is 3. The Kier molecular flexibility index (Phi) is 5.19. The highest BCUT2D eigenvalue weighted by Gasteiger charge is 2.56. The topological polar surface area (TPSA) is 88.0 Å². The monoisotopic (exact) mass is 475 g/mol. The van der Waals surface area contributed by atoms with Crippen molar-refractivity contribution in [1.29, 1.82) is 5.26 Å². The predicted octanol–water partition coefficient (Wildman–Crippen LogP) is 1.81. The second-order valence-corrected chi connectivity index (χ2v) is 11.4. The summed E-state index contributed by atoms with van der Waals surface area (Å²) in [6, 6.07) is 8.28. The first-order valence-electron chi connectivity index (χ1n) is 12.9. The molecule has 8 heteroatoms. The van der Waals surface area contributed by atoms with Gasteiger partial charge in [0.15, 0.2) is 0 Å². The van der Waals surface area contributed by atoms with Crippen molar-refractivity contribution in [3.8, 4) is 6.07 Å². The van der Waals surface area contributed by atoms with Crippen molar-refractivity contribution in [2.45, 2.75) is 69.2 Å². The van der Waals surface area contributed by atoms with Crippen LogP contribution in [-0.2, 0) is 16.0 Å². The fraction of sp³-hybridized carbons (Fsp3) is 0.630. The van der Waals surface area contributed by atoms with Crippen molar-refractivity contribution in [3.05, 3.63) is 34.9 Å². The Bertz CT molecular complexity index is 1140. The number of amides is 3. The minimum atomic E-state index is -0.281. The van der Waals surface area contributed by atoms with Gasteiger partial charge < -0.3 is 14.7 Å². The van der Waals surface area contributed by atoms with Crippen LogP contribution < -0.4 is 0 Å². The lowest BCUT2D eigenvalue weighted by Crippen LogP contribution is -2.53. The van der Waals surface area contributed by atoms with Crippen molar-refractivity contribution in [2.24, 2.45) is 11.8 Å². The highest BCUT2D eigenvalue weighted by molar-refractivity contribution is 5.94. The molecule has 2 bridgehead atoms. The zero-order valence-corrected chi connectivity index (χ0v) is 20.7. The van der Waals surface area contributed by atoms with Crippen LogP contribution in [0, 0.1) is 23.2 Å². The van der Waals surface area contributed by atoms with Crippen LogP contribution in [0.4, 0.5) is 0 Å². The van der Waals surface area contributed by atoms with Crippen LogP contribution >= 0.6 is 0 Å². The van der Waals surface area contributed by atoms with E-state index < -0.39 is 0 Å². The molecule has 3 aliphatic heterocycles. The Morgan fingerprint density at radius 1 is 1.20 bits per heavy atom. The molecule has 0 spiro atoms. The quantitative estimate of drug-likeness (QED) is 0.648. The number of hydrogen-bond donors (Lipinski definition) is 0. The molecule has 2 aliphatic carbocycles. The Morgan fingerprint density at radius 2 is 2.00 bits per heavy atom. The SMILES string of the molecule is C[C@@H](CN1C[C@H]2C[C@@H]1C(=O)N2[C@H]1CCc2cc(C(=O)N(C)C)ccc21)C(=O)N1C2C[C@H]2C[C@H]1C#N. The average molecular weight is 476 g/mol. The molecule has 3 saturated heterocycles. The lowest BCUT2D eigenvalue weighted by atomic mass is 10.0. The summed E-state index contributed by atoms with van der Waals surface area (Å²) < 4.78 is 0. The number of nitriles is 1. The third kappa shape index (κ3) is 3.47. The molecule has 1 aromatic carbocycles. The number of piperazine rings is 1. The van der Waals surface area contributed by atoms with Crippen LogP contribution in [0.3, 0.4) is 0 Å². The molecule has 0 aromatic heterocycles. The molecule has 0 N–H and O–H groups in total. The Balaban J connectivity index is 1.12. The van der Waals surface area contributed by atoms with E-state index in [9.17, 15) is 19.6 Å². The van der Waals surface area contributed by atoms with Gasteiger partial charge in [-0.2, -0.15) is 5.26 Å². The molecule has 35 heavy (non-hydrogen) atoms. The zero-order valence-electron chi connectivity index (χ0n) is 20.7. The summed E-state index contributed by atoms with van der Waals surface area (Å²) in [4.78, 5) is 46.7. The van der Waals surface area contributed by atoms with Gasteiger partial charge >= 0.3 is 0 Å². The highest BCUT2D eigenvalue weighted by Crippen LogP contribution is 2.48. The van der Waals surface area contributed by atoms with E-state index in [2.05, 4.69) is 15.9 Å². The van der Waals surface area contributed by atoms with E-state index in [1.54, 1.807) is 19.0 Å². The smallest absolute Gasteiger partial charge is 0.253 e. The van der Waals surface area contributed by atoms with E-state index in [0.717, 1.165) is 38.6 Å². The first kappa shape index (κ1) is 22.5. The van der Waals surface area contributed by atoms with Crippen LogP contribution in [0.1, 0.15) is 60.1 Å². The van der Waals surface area contributed by atoms with E-state index in [1.807, 2.05) is 30.0 Å². The maximum absolute atomic E-state index is 13.5. The number of piperidine rings is 1. The summed E-state index contributed by atoms with van der Waals surface area (Å²) in [5.41, 5.74) is 3.04. The number of carbonyl (C=O) groups excluding carboxylic acids is 3. The minimum Gasteiger partial charge on any atom is -0.345 e. The molecule has 3 amide bonds. The molecule has 0 radical (unpaired) electrons. The van der Waals surface area contributed by atoms with E-state index in [4.69, 9.17) is 0 Å². The molecule has 5 aliphatic rings. The Labute approximate surface area is 206 Å². The van der Waals surface area contributed by atoms with Crippen molar-refractivity contribution in [2.75, 3.05) is 27.2 Å². The van der Waals surface area contributed by atoms with Crippen LogP contribution in [0.2, 0.25) is 0 Å². The fourth-order valence-corrected chi connectivity index (χ4v) is 7.15. The first-order chi connectivity index (χ1) is 16.8. The molecule has 1 unspecified atom stereocenters. The number of fused-ring (bicyclic) bond motifs is 4. The summed E-state index contributed by atoms with van der Waals surface area (Å²) in [7, 11) is 3.52. The molecular formula is C27H33N5O3. The van der Waals surface area contributed by atoms with Crippen molar-refractivity contribution in [3.63, 3.8) is 0 Å². The first-order valence-corrected chi connectivity index (χ1v) is 12.9. The number of rotatable bonds is 5. The van der Waals surface area contributed by atoms with Crippen LogP contribution in [0.25, 0.3) is 0 Å². The maximum atomic E-state index is 13.5. The van der Waals surface area contributed by atoms with Gasteiger partial charge in [0.2, 0.25) is 11.8 Å². The van der Waals surface area contributed by atoms with Gasteiger partial charge in [0, 0.05) is 50.7 Å². The fourth-order valence-electron chi connectivity index (χ4n) is 7.15. The highest BCUT2D eigenvalue weighted by atomic mass is 16.2. The minimum absolute atomic E-state index is 0.000841. The largest absolute Gasteiger partial charge is 0.345 e. The molecular weight excluding hydrogens is 442 g/mol. The summed E-state index contributed by atoms with van der Waals surface area (Å²) in [5.74, 6) is 0.539. The van der Waals surface area contributed by atoms with Gasteiger partial charge in [-0.15, -0.1) is 0 Å². The average Bonchev–Trinajstić information content (AvgIpc) is 3.18. The Hall–Kier alpha value is -2.92. The number of aryl methyl sites for hydroxylation is 1. The molecule has 6 rings (SSSR count). The van der Waals surface area contributed by atoms with E-state index in [1.165, 1.54) is 11.1 Å². The van der Waals surface area contributed by atoms with Gasteiger partial charge in [-0.25, -0.2) is 0 Å². The van der Waals surface area contributed by atoms with Crippen LogP contribution in [0.5, 0.6) is 0 Å². The van der Waals surface area contributed by atoms with Crippen molar-refractivity contribution < 1.29 is 14.4 Å². The summed E-state index contributed by atoms with van der Waals surface area (Å²) in [6.45, 7) is 3.31. The molecule has 4 fully saturated rings. The molecule has 7 atom stereocenters. The van der Waals surface area contributed by atoms with E-state index in [-0.39, 0.29) is 53.8 Å². The third-order valence-electron chi connectivity index (χ3n) is 8.93. The van der Waals surface area contributed by atoms with Gasteiger partial charge in [0.05, 0.1) is 18.2 Å². The van der Waals surface area contributed by atoms with Crippen molar-refractivity contribution >= 4 is 17.7 Å². The van der Waals surface area contributed by atoms with Gasteiger partial charge in [0.1, 0.15) is 6.04 Å². The number of carbonyl (C=O) groups is 3. The number of nitrogens with zero attached hydrogens (tertiary/aromatic N) is 5. The lowest BCUT2D eigenvalue weighted by Gasteiger charge is -2.39. The van der Waals surface area contributed by atoms with Gasteiger partial charge in [0.25, 0.3) is 5.91 Å². The van der Waals surface area contributed by atoms with Gasteiger partial charge in [-0.05, 0) is 61.3 Å². The second-order valence-electron chi connectivity index (χ2n) is 11.4. The molecule has 3 heterocycles. The molecule has 184 valence electrons. The van der Waals surface area contributed by atoms with Crippen LogP contribution in [-0.4, -0.2) is 88.7 Å². The van der Waals surface area contributed by atoms with E-state index >= 15 is 0 Å². The van der Waals surface area contributed by atoms with Crippen LogP contribution in [0.15, 0.2) is 18.2 Å². The zero-order chi connectivity index (χ0) is 24.6. The normalized spacial score (nSPS) is 33.5. The molecule has 8 nitrogen and oxygen atoms in total.